The third kappa shape index (κ3) is 3.96. The van der Waals surface area contributed by atoms with E-state index in [0.29, 0.717) is 16.6 Å². The number of fused-ring (bicyclic) bond motifs is 1. The lowest BCUT2D eigenvalue weighted by atomic mass is 10.0. The summed E-state index contributed by atoms with van der Waals surface area (Å²) in [5, 5.41) is 2.44. The third-order valence-corrected chi connectivity index (χ3v) is 3.76. The zero-order valence-electron chi connectivity index (χ0n) is 13.4. The van der Waals surface area contributed by atoms with Crippen LogP contribution in [0.4, 0.5) is 13.2 Å². The smallest absolute Gasteiger partial charge is 0.343 e. The molecule has 1 N–H and O–H groups in total. The number of amides is 1. The van der Waals surface area contributed by atoms with Crippen molar-refractivity contribution in [3.8, 4) is 11.3 Å². The molecule has 3 nitrogen and oxygen atoms in total. The lowest BCUT2D eigenvalue weighted by Crippen LogP contribution is -2.33. The highest BCUT2D eigenvalue weighted by molar-refractivity contribution is 6.07. The van der Waals surface area contributed by atoms with Crippen molar-refractivity contribution in [1.82, 2.24) is 10.3 Å². The van der Waals surface area contributed by atoms with Crippen molar-refractivity contribution in [3.63, 3.8) is 0 Å². The number of halogens is 3. The molecule has 0 aliphatic heterocycles. The SMILES string of the molecule is Cc1ccc(-c2cc(C(=O)NCC(F)(F)F)c3ccccc3n2)cc1. The number of carbonyl (C=O) groups is 1. The maximum atomic E-state index is 12.4. The Labute approximate surface area is 142 Å². The lowest BCUT2D eigenvalue weighted by molar-refractivity contribution is -0.123. The molecule has 1 aromatic heterocycles. The monoisotopic (exact) mass is 344 g/mol. The van der Waals surface area contributed by atoms with Gasteiger partial charge in [-0.05, 0) is 19.1 Å². The highest BCUT2D eigenvalue weighted by Gasteiger charge is 2.28. The predicted octanol–water partition coefficient (Wildman–Crippen LogP) is 4.50. The molecule has 1 heterocycles. The van der Waals surface area contributed by atoms with E-state index in [1.54, 1.807) is 24.3 Å². The van der Waals surface area contributed by atoms with Gasteiger partial charge in [0.25, 0.3) is 5.91 Å². The summed E-state index contributed by atoms with van der Waals surface area (Å²) in [7, 11) is 0. The zero-order valence-corrected chi connectivity index (χ0v) is 13.4. The molecule has 0 radical (unpaired) electrons. The highest BCUT2D eigenvalue weighted by atomic mass is 19.4. The maximum Gasteiger partial charge on any atom is 0.405 e. The summed E-state index contributed by atoms with van der Waals surface area (Å²) in [5.74, 6) is -0.774. The second kappa shape index (κ2) is 6.55. The third-order valence-electron chi connectivity index (χ3n) is 3.76. The Kier molecular flexibility index (Phi) is 4.44. The molecular weight excluding hydrogens is 329 g/mol. The van der Waals surface area contributed by atoms with Crippen LogP contribution in [0.15, 0.2) is 54.6 Å². The quantitative estimate of drug-likeness (QED) is 0.760. The van der Waals surface area contributed by atoms with E-state index < -0.39 is 18.6 Å². The van der Waals surface area contributed by atoms with Gasteiger partial charge in [-0.2, -0.15) is 13.2 Å². The van der Waals surface area contributed by atoms with Crippen molar-refractivity contribution in [2.45, 2.75) is 13.1 Å². The molecule has 0 aliphatic carbocycles. The van der Waals surface area contributed by atoms with Gasteiger partial charge < -0.3 is 5.32 Å². The Morgan fingerprint density at radius 1 is 1.08 bits per heavy atom. The van der Waals surface area contributed by atoms with E-state index in [1.807, 2.05) is 36.5 Å². The zero-order chi connectivity index (χ0) is 18.0. The van der Waals surface area contributed by atoms with Gasteiger partial charge in [0.1, 0.15) is 6.54 Å². The minimum atomic E-state index is -4.46. The topological polar surface area (TPSA) is 42.0 Å². The number of para-hydroxylation sites is 1. The van der Waals surface area contributed by atoms with E-state index in [1.165, 1.54) is 6.07 Å². The molecule has 1 amide bonds. The molecule has 128 valence electrons. The number of aromatic nitrogens is 1. The number of carbonyl (C=O) groups excluding carboxylic acids is 1. The number of rotatable bonds is 3. The van der Waals surface area contributed by atoms with Gasteiger partial charge in [0, 0.05) is 10.9 Å². The molecule has 2 aromatic carbocycles. The average molecular weight is 344 g/mol. The van der Waals surface area contributed by atoms with Gasteiger partial charge in [-0.15, -0.1) is 0 Å². The average Bonchev–Trinajstić information content (AvgIpc) is 2.58. The highest BCUT2D eigenvalue weighted by Crippen LogP contribution is 2.25. The van der Waals surface area contributed by atoms with Crippen molar-refractivity contribution in [1.29, 1.82) is 0 Å². The van der Waals surface area contributed by atoms with E-state index in [4.69, 9.17) is 0 Å². The molecule has 0 atom stereocenters. The molecule has 0 saturated carbocycles. The minimum Gasteiger partial charge on any atom is -0.343 e. The molecule has 0 bridgehead atoms. The Balaban J connectivity index is 2.06. The van der Waals surface area contributed by atoms with E-state index in [2.05, 4.69) is 4.98 Å². The van der Waals surface area contributed by atoms with Crippen LogP contribution in [-0.4, -0.2) is 23.6 Å². The molecule has 3 aromatic rings. The van der Waals surface area contributed by atoms with Gasteiger partial charge in [-0.25, -0.2) is 4.98 Å². The van der Waals surface area contributed by atoms with Crippen LogP contribution in [0, 0.1) is 6.92 Å². The summed E-state index contributed by atoms with van der Waals surface area (Å²) < 4.78 is 37.2. The van der Waals surface area contributed by atoms with Crippen LogP contribution in [0.5, 0.6) is 0 Å². The fourth-order valence-corrected chi connectivity index (χ4v) is 2.51. The molecule has 0 unspecified atom stereocenters. The van der Waals surface area contributed by atoms with Crippen LogP contribution < -0.4 is 5.32 Å². The Morgan fingerprint density at radius 3 is 2.44 bits per heavy atom. The first-order chi connectivity index (χ1) is 11.8. The van der Waals surface area contributed by atoms with E-state index in [0.717, 1.165) is 11.1 Å². The lowest BCUT2D eigenvalue weighted by Gasteiger charge is -2.12. The first-order valence-corrected chi connectivity index (χ1v) is 7.65. The number of alkyl halides is 3. The minimum absolute atomic E-state index is 0.172. The summed E-state index contributed by atoms with van der Waals surface area (Å²) in [5.41, 5.74) is 3.13. The summed E-state index contributed by atoms with van der Waals surface area (Å²) in [6, 6.07) is 16.0. The van der Waals surface area contributed by atoms with Crippen LogP contribution in [-0.2, 0) is 0 Å². The van der Waals surface area contributed by atoms with Gasteiger partial charge in [-0.1, -0.05) is 48.0 Å². The van der Waals surface area contributed by atoms with Gasteiger partial charge in [-0.3, -0.25) is 4.79 Å². The number of hydrogen-bond donors (Lipinski definition) is 1. The molecule has 6 heteroatoms. The van der Waals surface area contributed by atoms with Crippen LogP contribution in [0.3, 0.4) is 0 Å². The summed E-state index contributed by atoms with van der Waals surface area (Å²) in [6.45, 7) is 0.579. The number of aryl methyl sites for hydroxylation is 1. The standard InChI is InChI=1S/C19H15F3N2O/c1-12-6-8-13(9-7-12)17-10-15(18(25)23-11-19(20,21)22)14-4-2-3-5-16(14)24-17/h2-10H,11H2,1H3,(H,23,25). The molecule has 3 rings (SSSR count). The fourth-order valence-electron chi connectivity index (χ4n) is 2.51. The number of nitrogens with one attached hydrogen (secondary N) is 1. The fraction of sp³-hybridized carbons (Fsp3) is 0.158. The number of nitrogens with zero attached hydrogens (tertiary/aromatic N) is 1. The summed E-state index contributed by atoms with van der Waals surface area (Å²) in [6.07, 6.45) is -4.46. The normalized spacial score (nSPS) is 11.5. The van der Waals surface area contributed by atoms with Crippen molar-refractivity contribution in [3.05, 3.63) is 65.7 Å². The van der Waals surface area contributed by atoms with Gasteiger partial charge in [0.05, 0.1) is 16.8 Å². The summed E-state index contributed by atoms with van der Waals surface area (Å²) >= 11 is 0. The Hall–Kier alpha value is -2.89. The van der Waals surface area contributed by atoms with Crippen molar-refractivity contribution < 1.29 is 18.0 Å². The van der Waals surface area contributed by atoms with Crippen LogP contribution in [0.2, 0.25) is 0 Å². The molecule has 0 aliphatic rings. The number of benzene rings is 2. The van der Waals surface area contributed by atoms with Crippen LogP contribution in [0.25, 0.3) is 22.2 Å². The summed E-state index contributed by atoms with van der Waals surface area (Å²) in [4.78, 5) is 16.8. The number of pyridine rings is 1. The van der Waals surface area contributed by atoms with E-state index in [9.17, 15) is 18.0 Å². The predicted molar refractivity (Wildman–Crippen MR) is 90.3 cm³/mol. The number of hydrogen-bond acceptors (Lipinski definition) is 2. The van der Waals surface area contributed by atoms with Gasteiger partial charge >= 0.3 is 6.18 Å². The van der Waals surface area contributed by atoms with Crippen LogP contribution >= 0.6 is 0 Å². The van der Waals surface area contributed by atoms with Gasteiger partial charge in [0.2, 0.25) is 0 Å². The van der Waals surface area contributed by atoms with E-state index in [-0.39, 0.29) is 5.56 Å². The van der Waals surface area contributed by atoms with Crippen molar-refractivity contribution in [2.24, 2.45) is 0 Å². The second-order valence-electron chi connectivity index (χ2n) is 5.74. The van der Waals surface area contributed by atoms with Crippen LogP contribution in [0.1, 0.15) is 15.9 Å². The van der Waals surface area contributed by atoms with Crippen molar-refractivity contribution in [2.75, 3.05) is 6.54 Å². The molecule has 0 saturated heterocycles. The van der Waals surface area contributed by atoms with Crippen molar-refractivity contribution >= 4 is 16.8 Å². The maximum absolute atomic E-state index is 12.4. The molecule has 0 spiro atoms. The molecule has 0 fully saturated rings. The second-order valence-corrected chi connectivity index (χ2v) is 5.74. The Morgan fingerprint density at radius 2 is 1.76 bits per heavy atom. The largest absolute Gasteiger partial charge is 0.405 e. The molecule has 25 heavy (non-hydrogen) atoms. The van der Waals surface area contributed by atoms with E-state index >= 15 is 0 Å². The molecular formula is C19H15F3N2O. The Bertz CT molecular complexity index is 918. The first kappa shape index (κ1) is 17.0. The first-order valence-electron chi connectivity index (χ1n) is 7.65. The van der Waals surface area contributed by atoms with Gasteiger partial charge in [0.15, 0.2) is 0 Å².